The molecular formula is C24H27N2O3+. The Morgan fingerprint density at radius 2 is 1.52 bits per heavy atom. The lowest BCUT2D eigenvalue weighted by atomic mass is 10.0. The third-order valence-corrected chi connectivity index (χ3v) is 5.72. The molecule has 0 radical (unpaired) electrons. The van der Waals surface area contributed by atoms with Crippen LogP contribution in [0.5, 0.6) is 11.5 Å². The maximum Gasteiger partial charge on any atom is 0.261 e. The molecule has 0 aliphatic carbocycles. The van der Waals surface area contributed by atoms with Gasteiger partial charge in [-0.05, 0) is 22.9 Å². The highest BCUT2D eigenvalue weighted by Crippen LogP contribution is 2.29. The molecule has 0 bridgehead atoms. The van der Waals surface area contributed by atoms with Crippen LogP contribution in [0, 0.1) is 0 Å². The largest absolute Gasteiger partial charge is 0.496 e. The van der Waals surface area contributed by atoms with Gasteiger partial charge in [-0.25, -0.2) is 0 Å². The minimum atomic E-state index is -0.0245. The Balaban J connectivity index is 1.45. The van der Waals surface area contributed by atoms with E-state index in [2.05, 4.69) is 42.5 Å². The number of hydrogen-bond donors (Lipinski definition) is 1. The van der Waals surface area contributed by atoms with Gasteiger partial charge in [-0.2, -0.15) is 0 Å². The van der Waals surface area contributed by atoms with Gasteiger partial charge in [0, 0.05) is 5.56 Å². The van der Waals surface area contributed by atoms with Gasteiger partial charge in [0.05, 0.1) is 40.4 Å². The van der Waals surface area contributed by atoms with E-state index >= 15 is 0 Å². The lowest BCUT2D eigenvalue weighted by Crippen LogP contribution is -3.13. The third kappa shape index (κ3) is 3.91. The van der Waals surface area contributed by atoms with Crippen LogP contribution in [0.2, 0.25) is 0 Å². The SMILES string of the molecule is COc1cccc(OC)c1C(=O)N1CC[NH+](Cc2cccc3ccccc23)CC1. The molecule has 3 aromatic carbocycles. The first-order chi connectivity index (χ1) is 14.2. The molecule has 5 heteroatoms. The molecule has 0 aromatic heterocycles. The topological polar surface area (TPSA) is 43.2 Å². The van der Waals surface area contributed by atoms with E-state index in [1.54, 1.807) is 26.4 Å². The first kappa shape index (κ1) is 19.3. The lowest BCUT2D eigenvalue weighted by molar-refractivity contribution is -0.917. The van der Waals surface area contributed by atoms with Crippen molar-refractivity contribution in [2.75, 3.05) is 40.4 Å². The second kappa shape index (κ2) is 8.53. The summed E-state index contributed by atoms with van der Waals surface area (Å²) in [6.07, 6.45) is 0. The number of methoxy groups -OCH3 is 2. The van der Waals surface area contributed by atoms with Crippen molar-refractivity contribution in [2.24, 2.45) is 0 Å². The van der Waals surface area contributed by atoms with Crippen LogP contribution < -0.4 is 14.4 Å². The Bertz CT molecular complexity index is 982. The van der Waals surface area contributed by atoms with Crippen molar-refractivity contribution in [1.82, 2.24) is 4.90 Å². The van der Waals surface area contributed by atoms with Gasteiger partial charge in [0.25, 0.3) is 5.91 Å². The van der Waals surface area contributed by atoms with Crippen LogP contribution >= 0.6 is 0 Å². The number of amides is 1. The standard InChI is InChI=1S/C24H26N2O3/c1-28-21-11-6-12-22(29-2)23(21)24(27)26-15-13-25(14-16-26)17-19-9-5-8-18-7-3-4-10-20(18)19/h3-12H,13-17H2,1-2H3/p+1. The molecule has 5 nitrogen and oxygen atoms in total. The monoisotopic (exact) mass is 391 g/mol. The Labute approximate surface area is 171 Å². The van der Waals surface area contributed by atoms with Gasteiger partial charge in [-0.3, -0.25) is 4.79 Å². The summed E-state index contributed by atoms with van der Waals surface area (Å²) >= 11 is 0. The normalized spacial score (nSPS) is 14.8. The number of carbonyl (C=O) groups excluding carboxylic acids is 1. The van der Waals surface area contributed by atoms with Crippen molar-refractivity contribution >= 4 is 16.7 Å². The molecule has 3 aromatic rings. The Morgan fingerprint density at radius 3 is 2.21 bits per heavy atom. The number of rotatable bonds is 5. The Kier molecular flexibility index (Phi) is 5.67. The van der Waals surface area contributed by atoms with E-state index in [1.807, 2.05) is 11.0 Å². The summed E-state index contributed by atoms with van der Waals surface area (Å²) in [6.45, 7) is 4.26. The van der Waals surface area contributed by atoms with Crippen molar-refractivity contribution in [1.29, 1.82) is 0 Å². The van der Waals surface area contributed by atoms with E-state index in [4.69, 9.17) is 9.47 Å². The molecule has 1 N–H and O–H groups in total. The molecule has 0 saturated carbocycles. The first-order valence-electron chi connectivity index (χ1n) is 10.0. The van der Waals surface area contributed by atoms with Gasteiger partial charge < -0.3 is 19.3 Å². The zero-order valence-corrected chi connectivity index (χ0v) is 17.0. The van der Waals surface area contributed by atoms with Crippen molar-refractivity contribution < 1.29 is 19.2 Å². The zero-order chi connectivity index (χ0) is 20.2. The molecule has 29 heavy (non-hydrogen) atoms. The Morgan fingerprint density at radius 1 is 0.897 bits per heavy atom. The molecule has 4 rings (SSSR count). The molecule has 1 fully saturated rings. The van der Waals surface area contributed by atoms with Crippen molar-refractivity contribution in [3.05, 3.63) is 71.8 Å². The van der Waals surface area contributed by atoms with Crippen molar-refractivity contribution in [3.8, 4) is 11.5 Å². The summed E-state index contributed by atoms with van der Waals surface area (Å²) in [6, 6.07) is 20.5. The quantitative estimate of drug-likeness (QED) is 0.726. The number of nitrogens with one attached hydrogen (secondary N) is 1. The van der Waals surface area contributed by atoms with Crippen LogP contribution in [-0.2, 0) is 6.54 Å². The predicted octanol–water partition coefficient (Wildman–Crippen LogP) is 2.40. The zero-order valence-electron chi connectivity index (χ0n) is 17.0. The minimum Gasteiger partial charge on any atom is -0.496 e. The minimum absolute atomic E-state index is 0.0245. The molecule has 1 heterocycles. The number of nitrogens with zero attached hydrogens (tertiary/aromatic N) is 1. The van der Waals surface area contributed by atoms with Crippen LogP contribution in [0.1, 0.15) is 15.9 Å². The van der Waals surface area contributed by atoms with E-state index in [9.17, 15) is 4.79 Å². The Hall–Kier alpha value is -3.05. The molecule has 1 amide bonds. The molecule has 150 valence electrons. The van der Waals surface area contributed by atoms with Crippen LogP contribution in [0.3, 0.4) is 0 Å². The fourth-order valence-electron chi connectivity index (χ4n) is 4.14. The number of ether oxygens (including phenoxy) is 2. The van der Waals surface area contributed by atoms with Gasteiger partial charge in [0.15, 0.2) is 0 Å². The van der Waals surface area contributed by atoms with Gasteiger partial charge in [-0.1, -0.05) is 48.5 Å². The smallest absolute Gasteiger partial charge is 0.261 e. The maximum atomic E-state index is 13.2. The lowest BCUT2D eigenvalue weighted by Gasteiger charge is -2.33. The fourth-order valence-corrected chi connectivity index (χ4v) is 4.14. The van der Waals surface area contributed by atoms with Gasteiger partial charge in [0.2, 0.25) is 0 Å². The average Bonchev–Trinajstić information content (AvgIpc) is 2.78. The van der Waals surface area contributed by atoms with Crippen molar-refractivity contribution in [2.45, 2.75) is 6.54 Å². The van der Waals surface area contributed by atoms with Crippen LogP contribution in [0.4, 0.5) is 0 Å². The third-order valence-electron chi connectivity index (χ3n) is 5.72. The number of benzene rings is 3. The van der Waals surface area contributed by atoms with Crippen LogP contribution in [0.15, 0.2) is 60.7 Å². The number of fused-ring (bicyclic) bond motifs is 1. The molecule has 0 unspecified atom stereocenters. The van der Waals surface area contributed by atoms with Gasteiger partial charge in [-0.15, -0.1) is 0 Å². The summed E-state index contributed by atoms with van der Waals surface area (Å²) in [5, 5.41) is 2.60. The van der Waals surface area contributed by atoms with Gasteiger partial charge >= 0.3 is 0 Å². The van der Waals surface area contributed by atoms with Crippen LogP contribution in [-0.4, -0.2) is 51.2 Å². The highest BCUT2D eigenvalue weighted by Gasteiger charge is 2.28. The van der Waals surface area contributed by atoms with E-state index < -0.39 is 0 Å². The molecular weight excluding hydrogens is 364 g/mol. The maximum absolute atomic E-state index is 13.2. The summed E-state index contributed by atoms with van der Waals surface area (Å²) in [5.74, 6) is 1.09. The van der Waals surface area contributed by atoms with E-state index in [0.29, 0.717) is 17.1 Å². The second-order valence-electron chi connectivity index (χ2n) is 7.39. The molecule has 1 aliphatic heterocycles. The fraction of sp³-hybridized carbons (Fsp3) is 0.292. The van der Waals surface area contributed by atoms with Crippen LogP contribution in [0.25, 0.3) is 10.8 Å². The molecule has 1 aliphatic rings. The number of hydrogen-bond acceptors (Lipinski definition) is 3. The summed E-state index contributed by atoms with van der Waals surface area (Å²) in [5.41, 5.74) is 1.87. The van der Waals surface area contributed by atoms with Gasteiger partial charge in [0.1, 0.15) is 23.6 Å². The average molecular weight is 391 g/mol. The molecule has 1 saturated heterocycles. The second-order valence-corrected chi connectivity index (χ2v) is 7.39. The predicted molar refractivity (Wildman–Crippen MR) is 114 cm³/mol. The number of piperazine rings is 1. The number of carbonyl (C=O) groups is 1. The first-order valence-corrected chi connectivity index (χ1v) is 10.0. The van der Waals surface area contributed by atoms with E-state index in [1.165, 1.54) is 21.2 Å². The summed E-state index contributed by atoms with van der Waals surface area (Å²) in [7, 11) is 3.16. The highest BCUT2D eigenvalue weighted by atomic mass is 16.5. The molecule has 0 atom stereocenters. The summed E-state index contributed by atoms with van der Waals surface area (Å²) in [4.78, 5) is 16.6. The highest BCUT2D eigenvalue weighted by molar-refractivity contribution is 5.99. The van der Waals surface area contributed by atoms with E-state index in [0.717, 1.165) is 32.7 Å². The number of quaternary nitrogens is 1. The van der Waals surface area contributed by atoms with Crippen molar-refractivity contribution in [3.63, 3.8) is 0 Å². The summed E-state index contributed by atoms with van der Waals surface area (Å²) < 4.78 is 10.8. The van der Waals surface area contributed by atoms with E-state index in [-0.39, 0.29) is 5.91 Å². The molecule has 0 spiro atoms.